The van der Waals surface area contributed by atoms with E-state index in [2.05, 4.69) is 45.1 Å². The van der Waals surface area contributed by atoms with Crippen LogP contribution in [0, 0.1) is 17.8 Å². The Bertz CT molecular complexity index is 903. The Hall–Kier alpha value is -2.02. The molecule has 142 valence electrons. The molecule has 1 saturated heterocycles. The Labute approximate surface area is 166 Å². The zero-order valence-electron chi connectivity index (χ0n) is 15.5. The third kappa shape index (κ3) is 3.70. The van der Waals surface area contributed by atoms with Crippen LogP contribution in [-0.4, -0.2) is 45.8 Å². The number of aromatic nitrogens is 2. The minimum atomic E-state index is -0.202. The van der Waals surface area contributed by atoms with Crippen LogP contribution < -0.4 is 5.32 Å². The van der Waals surface area contributed by atoms with E-state index < -0.39 is 0 Å². The number of fused-ring (bicyclic) bond motifs is 1. The topological polar surface area (TPSA) is 75.2 Å². The summed E-state index contributed by atoms with van der Waals surface area (Å²) in [6.07, 6.45) is 5.29. The zero-order chi connectivity index (χ0) is 19.1. The van der Waals surface area contributed by atoms with E-state index in [0.29, 0.717) is 29.6 Å². The van der Waals surface area contributed by atoms with Crippen molar-refractivity contribution in [2.75, 3.05) is 13.1 Å². The summed E-state index contributed by atoms with van der Waals surface area (Å²) in [7, 11) is 0. The van der Waals surface area contributed by atoms with Crippen LogP contribution in [0.1, 0.15) is 37.2 Å². The van der Waals surface area contributed by atoms with Gasteiger partial charge in [-0.15, -0.1) is 0 Å². The van der Waals surface area contributed by atoms with Crippen molar-refractivity contribution in [3.05, 3.63) is 34.7 Å². The van der Waals surface area contributed by atoms with Crippen LogP contribution in [0.4, 0.5) is 0 Å². The van der Waals surface area contributed by atoms with Gasteiger partial charge in [0, 0.05) is 42.8 Å². The highest BCUT2D eigenvalue weighted by Crippen LogP contribution is 2.39. The van der Waals surface area contributed by atoms with Gasteiger partial charge in [-0.1, -0.05) is 13.8 Å². The second-order valence-corrected chi connectivity index (χ2v) is 8.69. The summed E-state index contributed by atoms with van der Waals surface area (Å²) in [5.41, 5.74) is 1.09. The number of nitrogens with one attached hydrogen (secondary N) is 1. The molecule has 1 N–H and O–H groups in total. The molecular formula is C20H23BrN4O2. The number of pyridine rings is 2. The second-order valence-electron chi connectivity index (χ2n) is 7.84. The van der Waals surface area contributed by atoms with Crippen molar-refractivity contribution in [3.63, 3.8) is 0 Å². The molecule has 0 radical (unpaired) electrons. The van der Waals surface area contributed by atoms with Gasteiger partial charge in [0.25, 0.3) is 5.91 Å². The Morgan fingerprint density at radius 2 is 2.00 bits per heavy atom. The van der Waals surface area contributed by atoms with E-state index in [1.54, 1.807) is 18.5 Å². The van der Waals surface area contributed by atoms with Crippen LogP contribution in [-0.2, 0) is 4.79 Å². The fraction of sp³-hybridized carbons (Fsp3) is 0.500. The average Bonchev–Trinajstić information content (AvgIpc) is 3.39. The highest BCUT2D eigenvalue weighted by atomic mass is 79.9. The first-order chi connectivity index (χ1) is 12.9. The quantitative estimate of drug-likeness (QED) is 0.811. The normalized spacial score (nSPS) is 27.4. The molecule has 27 heavy (non-hydrogen) atoms. The van der Waals surface area contributed by atoms with Crippen molar-refractivity contribution < 1.29 is 9.59 Å². The van der Waals surface area contributed by atoms with Gasteiger partial charge in [0.05, 0.1) is 9.99 Å². The van der Waals surface area contributed by atoms with Gasteiger partial charge in [0.1, 0.15) is 5.69 Å². The molecule has 2 aliphatic rings. The fourth-order valence-corrected chi connectivity index (χ4v) is 4.17. The summed E-state index contributed by atoms with van der Waals surface area (Å²) >= 11 is 3.44. The molecule has 2 fully saturated rings. The standard InChI is InChI=1S/C20H23BrN4O2/c1-11-5-6-25(20(27)14-7-12(14)2)10-17(11)24-19(26)16-4-3-13-8-22-9-15(21)18(13)23-16/h3-4,8-9,11-12,14,17H,5-7,10H2,1-2H3,(H,24,26). The van der Waals surface area contributed by atoms with Gasteiger partial charge in [0.15, 0.2) is 0 Å². The molecule has 1 aliphatic heterocycles. The Kier molecular flexibility index (Phi) is 4.88. The highest BCUT2D eigenvalue weighted by Gasteiger charge is 2.43. The summed E-state index contributed by atoms with van der Waals surface area (Å²) in [5.74, 6) is 1.05. The SMILES string of the molecule is CC1CCN(C(=O)C2CC2C)CC1NC(=O)c1ccc2cncc(Br)c2n1. The lowest BCUT2D eigenvalue weighted by Crippen LogP contribution is -2.53. The van der Waals surface area contributed by atoms with Crippen LogP contribution in [0.3, 0.4) is 0 Å². The molecule has 1 saturated carbocycles. The van der Waals surface area contributed by atoms with Crippen LogP contribution in [0.5, 0.6) is 0 Å². The minimum Gasteiger partial charge on any atom is -0.346 e. The van der Waals surface area contributed by atoms with Crippen molar-refractivity contribution in [3.8, 4) is 0 Å². The molecule has 2 amide bonds. The van der Waals surface area contributed by atoms with Gasteiger partial charge >= 0.3 is 0 Å². The maximum absolute atomic E-state index is 12.8. The number of carbonyl (C=O) groups is 2. The molecule has 4 unspecified atom stereocenters. The van der Waals surface area contributed by atoms with Crippen LogP contribution >= 0.6 is 15.9 Å². The number of amides is 2. The van der Waals surface area contributed by atoms with Gasteiger partial charge in [-0.05, 0) is 52.7 Å². The molecule has 6 nitrogen and oxygen atoms in total. The van der Waals surface area contributed by atoms with Crippen molar-refractivity contribution in [1.82, 2.24) is 20.2 Å². The first-order valence-corrected chi connectivity index (χ1v) is 10.2. The summed E-state index contributed by atoms with van der Waals surface area (Å²) in [4.78, 5) is 35.9. The number of hydrogen-bond acceptors (Lipinski definition) is 4. The second kappa shape index (κ2) is 7.19. The van der Waals surface area contributed by atoms with E-state index in [4.69, 9.17) is 0 Å². The van der Waals surface area contributed by atoms with Gasteiger partial charge in [-0.3, -0.25) is 14.6 Å². The smallest absolute Gasteiger partial charge is 0.270 e. The molecular weight excluding hydrogens is 408 g/mol. The summed E-state index contributed by atoms with van der Waals surface area (Å²) < 4.78 is 0.760. The molecule has 0 spiro atoms. The number of likely N-dealkylation sites (tertiary alicyclic amines) is 1. The van der Waals surface area contributed by atoms with Gasteiger partial charge in [-0.25, -0.2) is 4.98 Å². The molecule has 2 aromatic heterocycles. The third-order valence-electron chi connectivity index (χ3n) is 5.80. The zero-order valence-corrected chi connectivity index (χ0v) is 17.1. The minimum absolute atomic E-state index is 0.0531. The third-order valence-corrected chi connectivity index (χ3v) is 6.38. The maximum atomic E-state index is 12.8. The van der Waals surface area contributed by atoms with Gasteiger partial charge < -0.3 is 10.2 Å². The number of carbonyl (C=O) groups excluding carboxylic acids is 2. The maximum Gasteiger partial charge on any atom is 0.270 e. The molecule has 1 aliphatic carbocycles. The molecule has 0 bridgehead atoms. The number of halogens is 1. The Balaban J connectivity index is 1.47. The van der Waals surface area contributed by atoms with Crippen LogP contribution in [0.2, 0.25) is 0 Å². The van der Waals surface area contributed by atoms with E-state index in [1.165, 1.54) is 0 Å². The Morgan fingerprint density at radius 1 is 1.22 bits per heavy atom. The fourth-order valence-electron chi connectivity index (χ4n) is 3.74. The average molecular weight is 431 g/mol. The predicted molar refractivity (Wildman–Crippen MR) is 106 cm³/mol. The van der Waals surface area contributed by atoms with Crippen molar-refractivity contribution in [2.24, 2.45) is 17.8 Å². The molecule has 4 atom stereocenters. The molecule has 2 aromatic rings. The summed E-state index contributed by atoms with van der Waals surface area (Å²) in [6.45, 7) is 5.61. The van der Waals surface area contributed by atoms with Crippen molar-refractivity contribution >= 4 is 38.6 Å². The number of piperidine rings is 1. The van der Waals surface area contributed by atoms with E-state index in [1.807, 2.05) is 11.0 Å². The highest BCUT2D eigenvalue weighted by molar-refractivity contribution is 9.10. The predicted octanol–water partition coefficient (Wildman–Crippen LogP) is 3.02. The van der Waals surface area contributed by atoms with E-state index >= 15 is 0 Å². The van der Waals surface area contributed by atoms with Crippen molar-refractivity contribution in [2.45, 2.75) is 32.7 Å². The van der Waals surface area contributed by atoms with E-state index in [-0.39, 0.29) is 23.8 Å². The lowest BCUT2D eigenvalue weighted by Gasteiger charge is -2.37. The summed E-state index contributed by atoms with van der Waals surface area (Å²) in [6, 6.07) is 3.51. The number of hydrogen-bond donors (Lipinski definition) is 1. The molecule has 0 aromatic carbocycles. The van der Waals surface area contributed by atoms with E-state index in [9.17, 15) is 9.59 Å². The lowest BCUT2D eigenvalue weighted by molar-refractivity contribution is -0.134. The monoisotopic (exact) mass is 430 g/mol. The first-order valence-electron chi connectivity index (χ1n) is 9.44. The largest absolute Gasteiger partial charge is 0.346 e. The van der Waals surface area contributed by atoms with Crippen molar-refractivity contribution in [1.29, 1.82) is 0 Å². The Morgan fingerprint density at radius 3 is 2.74 bits per heavy atom. The lowest BCUT2D eigenvalue weighted by atomic mass is 9.93. The van der Waals surface area contributed by atoms with E-state index in [0.717, 1.165) is 29.2 Å². The first kappa shape index (κ1) is 18.3. The molecule has 3 heterocycles. The van der Waals surface area contributed by atoms with Crippen LogP contribution in [0.15, 0.2) is 29.0 Å². The number of nitrogens with zero attached hydrogens (tertiary/aromatic N) is 3. The molecule has 4 rings (SSSR count). The van der Waals surface area contributed by atoms with Gasteiger partial charge in [0.2, 0.25) is 5.91 Å². The van der Waals surface area contributed by atoms with Crippen LogP contribution in [0.25, 0.3) is 10.9 Å². The molecule has 7 heteroatoms. The number of rotatable bonds is 3. The van der Waals surface area contributed by atoms with Gasteiger partial charge in [-0.2, -0.15) is 0 Å². The summed E-state index contributed by atoms with van der Waals surface area (Å²) in [5, 5.41) is 3.98.